The molecule has 0 spiro atoms. The summed E-state index contributed by atoms with van der Waals surface area (Å²) in [4.78, 5) is 39.6. The quantitative estimate of drug-likeness (QED) is 0.749. The van der Waals surface area contributed by atoms with Crippen LogP contribution in [0.1, 0.15) is 34.7 Å². The maximum absolute atomic E-state index is 11.9. The van der Waals surface area contributed by atoms with E-state index in [1.807, 2.05) is 30.3 Å². The number of benzene rings is 1. The Labute approximate surface area is 142 Å². The minimum atomic E-state index is -0.849. The lowest BCUT2D eigenvalue weighted by molar-refractivity contribution is -0.173. The predicted molar refractivity (Wildman–Crippen MR) is 86.7 cm³/mol. The number of thioether (sulfide) groups is 1. The zero-order valence-electron chi connectivity index (χ0n) is 12.8. The molecule has 7 heteroatoms. The molecule has 3 rings (SSSR count). The van der Waals surface area contributed by atoms with Gasteiger partial charge in [0, 0.05) is 18.6 Å². The summed E-state index contributed by atoms with van der Waals surface area (Å²) >= 11 is 1.65. The number of hydrogen-bond acceptors (Lipinski definition) is 6. The van der Waals surface area contributed by atoms with Crippen LogP contribution in [0.15, 0.2) is 46.9 Å². The molecule has 6 nitrogen and oxygen atoms in total. The molecule has 1 saturated heterocycles. The second-order valence-corrected chi connectivity index (χ2v) is 6.19. The van der Waals surface area contributed by atoms with Gasteiger partial charge in [-0.1, -0.05) is 30.3 Å². The van der Waals surface area contributed by atoms with E-state index in [4.69, 9.17) is 9.25 Å². The maximum atomic E-state index is 11.9. The topological polar surface area (TPSA) is 76.8 Å². The largest absolute Gasteiger partial charge is 0.453 e. The third kappa shape index (κ3) is 3.86. The zero-order valence-corrected chi connectivity index (χ0v) is 13.6. The summed E-state index contributed by atoms with van der Waals surface area (Å²) in [6.07, 6.45) is 0.122. The highest BCUT2D eigenvalue weighted by Crippen LogP contribution is 2.21. The van der Waals surface area contributed by atoms with Crippen LogP contribution in [0.4, 0.5) is 0 Å². The zero-order chi connectivity index (χ0) is 16.9. The first-order valence-corrected chi connectivity index (χ1v) is 8.57. The van der Waals surface area contributed by atoms with Crippen molar-refractivity contribution in [2.24, 2.45) is 0 Å². The van der Waals surface area contributed by atoms with Gasteiger partial charge in [-0.3, -0.25) is 9.59 Å². The molecular weight excluding hydrogens is 330 g/mol. The van der Waals surface area contributed by atoms with Gasteiger partial charge >= 0.3 is 5.97 Å². The van der Waals surface area contributed by atoms with Gasteiger partial charge in [0.25, 0.3) is 11.8 Å². The molecule has 1 aromatic carbocycles. The fourth-order valence-electron chi connectivity index (χ4n) is 2.19. The Morgan fingerprint density at radius 3 is 2.46 bits per heavy atom. The summed E-state index contributed by atoms with van der Waals surface area (Å²) < 4.78 is 5.42. The van der Waals surface area contributed by atoms with Gasteiger partial charge in [0.15, 0.2) is 0 Å². The molecule has 0 N–H and O–H groups in total. The van der Waals surface area contributed by atoms with Crippen molar-refractivity contribution >= 4 is 29.5 Å². The predicted octanol–water partition coefficient (Wildman–Crippen LogP) is 2.93. The number of amides is 2. The smallest absolute Gasteiger partial charge is 0.398 e. The normalized spacial score (nSPS) is 14.2. The van der Waals surface area contributed by atoms with E-state index in [0.717, 1.165) is 5.75 Å². The fourth-order valence-corrected chi connectivity index (χ4v) is 3.08. The third-order valence-corrected chi connectivity index (χ3v) is 4.42. The van der Waals surface area contributed by atoms with Crippen LogP contribution >= 0.6 is 11.8 Å². The van der Waals surface area contributed by atoms with Crippen LogP contribution in [0.3, 0.4) is 0 Å². The second-order valence-electron chi connectivity index (χ2n) is 5.20. The summed E-state index contributed by atoms with van der Waals surface area (Å²) in [5.41, 5.74) is 1.21. The molecular formula is C17H15NO5S. The lowest BCUT2D eigenvalue weighted by Gasteiger charge is -2.10. The van der Waals surface area contributed by atoms with E-state index in [2.05, 4.69) is 0 Å². The lowest BCUT2D eigenvalue weighted by atomic mass is 10.2. The van der Waals surface area contributed by atoms with Crippen molar-refractivity contribution in [3.8, 4) is 0 Å². The van der Waals surface area contributed by atoms with Crippen LogP contribution in [-0.4, -0.2) is 22.8 Å². The van der Waals surface area contributed by atoms with Crippen molar-refractivity contribution in [2.45, 2.75) is 24.3 Å². The average Bonchev–Trinajstić information content (AvgIpc) is 3.18. The van der Waals surface area contributed by atoms with Crippen LogP contribution in [0.5, 0.6) is 0 Å². The van der Waals surface area contributed by atoms with E-state index in [9.17, 15) is 14.4 Å². The van der Waals surface area contributed by atoms with Gasteiger partial charge < -0.3 is 9.25 Å². The van der Waals surface area contributed by atoms with Crippen molar-refractivity contribution in [1.82, 2.24) is 5.06 Å². The average molecular weight is 345 g/mol. The van der Waals surface area contributed by atoms with Crippen molar-refractivity contribution in [2.75, 3.05) is 0 Å². The SMILES string of the molecule is O=C(ON1C(=O)CCC1=O)c1ccc(CSCc2ccccc2)o1. The van der Waals surface area contributed by atoms with Gasteiger partial charge in [0.2, 0.25) is 5.76 Å². The minimum Gasteiger partial charge on any atom is -0.453 e. The summed E-state index contributed by atoms with van der Waals surface area (Å²) in [6.45, 7) is 0. The molecule has 0 radical (unpaired) electrons. The minimum absolute atomic E-state index is 0.0298. The Balaban J connectivity index is 1.52. The third-order valence-electron chi connectivity index (χ3n) is 3.40. The summed E-state index contributed by atoms with van der Waals surface area (Å²) in [5.74, 6) is 0.150. The Bertz CT molecular complexity index is 739. The van der Waals surface area contributed by atoms with Crippen LogP contribution < -0.4 is 0 Å². The van der Waals surface area contributed by atoms with E-state index in [1.54, 1.807) is 17.8 Å². The molecule has 1 aromatic heterocycles. The summed E-state index contributed by atoms with van der Waals surface area (Å²) in [7, 11) is 0. The monoisotopic (exact) mass is 345 g/mol. The second kappa shape index (κ2) is 7.35. The molecule has 1 fully saturated rings. The molecule has 0 bridgehead atoms. The highest BCUT2D eigenvalue weighted by Gasteiger charge is 2.33. The van der Waals surface area contributed by atoms with Gasteiger partial charge in [0.1, 0.15) is 5.76 Å². The van der Waals surface area contributed by atoms with Gasteiger partial charge in [-0.05, 0) is 17.7 Å². The lowest BCUT2D eigenvalue weighted by Crippen LogP contribution is -2.31. The first-order valence-electron chi connectivity index (χ1n) is 7.42. The van der Waals surface area contributed by atoms with E-state index in [-0.39, 0.29) is 18.6 Å². The number of hydroxylamine groups is 2. The fraction of sp³-hybridized carbons (Fsp3) is 0.235. The van der Waals surface area contributed by atoms with Crippen molar-refractivity contribution in [3.63, 3.8) is 0 Å². The van der Waals surface area contributed by atoms with E-state index in [0.29, 0.717) is 16.6 Å². The number of imide groups is 1. The van der Waals surface area contributed by atoms with Crippen LogP contribution in [0, 0.1) is 0 Å². The Kier molecular flexibility index (Phi) is 5.00. The van der Waals surface area contributed by atoms with Gasteiger partial charge in [0.05, 0.1) is 5.75 Å². The van der Waals surface area contributed by atoms with Crippen molar-refractivity contribution in [1.29, 1.82) is 0 Å². The van der Waals surface area contributed by atoms with Crippen LogP contribution in [0.2, 0.25) is 0 Å². The number of rotatable bonds is 6. The highest BCUT2D eigenvalue weighted by atomic mass is 32.2. The first kappa shape index (κ1) is 16.3. The molecule has 0 aliphatic carbocycles. The highest BCUT2D eigenvalue weighted by molar-refractivity contribution is 7.97. The number of nitrogens with zero attached hydrogens (tertiary/aromatic N) is 1. The first-order chi connectivity index (χ1) is 11.6. The molecule has 0 saturated carbocycles. The Morgan fingerprint density at radius 2 is 1.75 bits per heavy atom. The number of carbonyl (C=O) groups is 3. The number of carbonyl (C=O) groups excluding carboxylic acids is 3. The molecule has 1 aliphatic rings. The molecule has 124 valence electrons. The number of furan rings is 1. The van der Waals surface area contributed by atoms with Gasteiger partial charge in [-0.25, -0.2) is 4.79 Å². The standard InChI is InChI=1S/C17H15NO5S/c19-15-8-9-16(20)18(15)23-17(21)14-7-6-13(22-14)11-24-10-12-4-2-1-3-5-12/h1-7H,8-11H2. The molecule has 2 amide bonds. The van der Waals surface area contributed by atoms with E-state index in [1.165, 1.54) is 11.6 Å². The van der Waals surface area contributed by atoms with Crippen molar-refractivity contribution < 1.29 is 23.6 Å². The van der Waals surface area contributed by atoms with E-state index >= 15 is 0 Å². The Hall–Kier alpha value is -2.54. The summed E-state index contributed by atoms with van der Waals surface area (Å²) in [5, 5.41) is 0.509. The van der Waals surface area contributed by atoms with Crippen LogP contribution in [-0.2, 0) is 25.9 Å². The molecule has 2 aromatic rings. The molecule has 1 aliphatic heterocycles. The van der Waals surface area contributed by atoms with Crippen molar-refractivity contribution in [3.05, 3.63) is 59.5 Å². The van der Waals surface area contributed by atoms with Gasteiger partial charge in [-0.2, -0.15) is 0 Å². The molecule has 0 atom stereocenters. The van der Waals surface area contributed by atoms with Gasteiger partial charge in [-0.15, -0.1) is 16.8 Å². The van der Waals surface area contributed by atoms with Crippen LogP contribution in [0.25, 0.3) is 0 Å². The molecule has 0 unspecified atom stereocenters. The molecule has 24 heavy (non-hydrogen) atoms. The maximum Gasteiger partial charge on any atom is 0.398 e. The Morgan fingerprint density at radius 1 is 1.04 bits per heavy atom. The van der Waals surface area contributed by atoms with E-state index < -0.39 is 17.8 Å². The molecule has 2 heterocycles. The summed E-state index contributed by atoms with van der Waals surface area (Å²) in [6, 6.07) is 13.2. The number of hydrogen-bond donors (Lipinski definition) is 0.